The van der Waals surface area contributed by atoms with Gasteiger partial charge in [0.05, 0.1) is 30.9 Å². The second-order valence-corrected chi connectivity index (χ2v) is 9.26. The van der Waals surface area contributed by atoms with Crippen LogP contribution in [0, 0.1) is 12.8 Å². The van der Waals surface area contributed by atoms with Crippen molar-refractivity contribution in [2.45, 2.75) is 39.7 Å². The minimum absolute atomic E-state index is 0.00308. The fourth-order valence-electron chi connectivity index (χ4n) is 4.36. The number of fused-ring (bicyclic) bond motifs is 1. The molecule has 3 heterocycles. The second kappa shape index (κ2) is 9.79. The summed E-state index contributed by atoms with van der Waals surface area (Å²) in [5, 5.41) is 3.36. The van der Waals surface area contributed by atoms with Crippen LogP contribution in [0.3, 0.4) is 0 Å². The molecule has 0 spiro atoms. The first-order valence-corrected chi connectivity index (χ1v) is 11.7. The zero-order chi connectivity index (χ0) is 24.4. The lowest BCUT2D eigenvalue weighted by Crippen LogP contribution is -2.41. The van der Waals surface area contributed by atoms with E-state index in [9.17, 15) is 9.59 Å². The highest BCUT2D eigenvalue weighted by molar-refractivity contribution is 5.79. The van der Waals surface area contributed by atoms with Gasteiger partial charge in [0, 0.05) is 37.9 Å². The first kappa shape index (κ1) is 23.7. The van der Waals surface area contributed by atoms with Crippen LogP contribution in [0.5, 0.6) is 5.75 Å². The van der Waals surface area contributed by atoms with Gasteiger partial charge in [0.1, 0.15) is 11.6 Å². The molecular weight excluding hydrogens is 434 g/mol. The first-order valence-electron chi connectivity index (χ1n) is 11.7. The Balaban J connectivity index is 1.56. The SMILES string of the molecule is COc1ccc(Nc2cc3c(cn2)n(C)c(=O)n3C2CCN(C(=O)OCC(C)C)CC2)c(C)c1. The molecule has 0 saturated carbocycles. The Morgan fingerprint density at radius 3 is 2.59 bits per heavy atom. The highest BCUT2D eigenvalue weighted by atomic mass is 16.6. The van der Waals surface area contributed by atoms with Crippen LogP contribution in [-0.2, 0) is 11.8 Å². The van der Waals surface area contributed by atoms with Crippen LogP contribution in [0.2, 0.25) is 0 Å². The maximum atomic E-state index is 13.1. The average molecular weight is 468 g/mol. The predicted molar refractivity (Wildman–Crippen MR) is 132 cm³/mol. The number of amides is 1. The van der Waals surface area contributed by atoms with Crippen molar-refractivity contribution in [1.82, 2.24) is 19.0 Å². The number of aromatic nitrogens is 3. The number of imidazole rings is 1. The molecule has 0 atom stereocenters. The third kappa shape index (κ3) is 4.73. The van der Waals surface area contributed by atoms with E-state index in [1.54, 1.807) is 29.8 Å². The Morgan fingerprint density at radius 2 is 1.94 bits per heavy atom. The lowest BCUT2D eigenvalue weighted by molar-refractivity contribution is 0.0798. The van der Waals surface area contributed by atoms with Crippen molar-refractivity contribution < 1.29 is 14.3 Å². The normalized spacial score (nSPS) is 14.6. The van der Waals surface area contributed by atoms with Gasteiger partial charge >= 0.3 is 11.8 Å². The number of ether oxygens (including phenoxy) is 2. The Kier molecular flexibility index (Phi) is 6.81. The largest absolute Gasteiger partial charge is 0.497 e. The summed E-state index contributed by atoms with van der Waals surface area (Å²) in [6, 6.07) is 7.73. The van der Waals surface area contributed by atoms with Crippen LogP contribution in [-0.4, -0.2) is 51.9 Å². The molecule has 1 aliphatic heterocycles. The number of piperidine rings is 1. The smallest absolute Gasteiger partial charge is 0.409 e. The predicted octanol–water partition coefficient (Wildman–Crippen LogP) is 4.23. The molecule has 2 aromatic heterocycles. The highest BCUT2D eigenvalue weighted by Gasteiger charge is 2.28. The number of likely N-dealkylation sites (tertiary alicyclic amines) is 1. The first-order chi connectivity index (χ1) is 16.3. The zero-order valence-electron chi connectivity index (χ0n) is 20.5. The summed E-state index contributed by atoms with van der Waals surface area (Å²) < 4.78 is 14.1. The van der Waals surface area contributed by atoms with Crippen molar-refractivity contribution in [3.63, 3.8) is 0 Å². The molecule has 1 aromatic carbocycles. The Morgan fingerprint density at radius 1 is 1.21 bits per heavy atom. The van der Waals surface area contributed by atoms with E-state index in [4.69, 9.17) is 9.47 Å². The van der Waals surface area contributed by atoms with E-state index in [0.717, 1.165) is 28.0 Å². The molecule has 1 aliphatic rings. The van der Waals surface area contributed by atoms with E-state index in [1.807, 2.05) is 49.6 Å². The molecule has 3 aromatic rings. The van der Waals surface area contributed by atoms with Gasteiger partial charge in [-0.2, -0.15) is 0 Å². The average Bonchev–Trinajstić information content (AvgIpc) is 3.08. The number of benzene rings is 1. The van der Waals surface area contributed by atoms with Crippen LogP contribution >= 0.6 is 0 Å². The van der Waals surface area contributed by atoms with Crippen molar-refractivity contribution in [3.05, 3.63) is 46.5 Å². The van der Waals surface area contributed by atoms with Crippen molar-refractivity contribution in [1.29, 1.82) is 0 Å². The molecule has 0 bridgehead atoms. The summed E-state index contributed by atoms with van der Waals surface area (Å²) in [6.45, 7) is 7.57. The number of hydrogen-bond acceptors (Lipinski definition) is 6. The van der Waals surface area contributed by atoms with E-state index < -0.39 is 0 Å². The number of anilines is 2. The van der Waals surface area contributed by atoms with E-state index in [1.165, 1.54) is 0 Å². The molecule has 182 valence electrons. The number of carbonyl (C=O) groups excluding carboxylic acids is 1. The van der Waals surface area contributed by atoms with Gasteiger partial charge in [-0.3, -0.25) is 9.13 Å². The molecule has 4 rings (SSSR count). The van der Waals surface area contributed by atoms with Crippen LogP contribution in [0.25, 0.3) is 11.0 Å². The third-order valence-corrected chi connectivity index (χ3v) is 6.30. The summed E-state index contributed by atoms with van der Waals surface area (Å²) in [5.41, 5.74) is 3.49. The molecule has 1 N–H and O–H groups in total. The van der Waals surface area contributed by atoms with Crippen LogP contribution in [0.4, 0.5) is 16.3 Å². The monoisotopic (exact) mass is 467 g/mol. The fourth-order valence-corrected chi connectivity index (χ4v) is 4.36. The summed E-state index contributed by atoms with van der Waals surface area (Å²) in [7, 11) is 3.41. The zero-order valence-corrected chi connectivity index (χ0v) is 20.5. The van der Waals surface area contributed by atoms with E-state index in [2.05, 4.69) is 10.3 Å². The second-order valence-electron chi connectivity index (χ2n) is 9.26. The number of rotatable bonds is 6. The van der Waals surface area contributed by atoms with Gasteiger partial charge in [-0.05, 0) is 49.4 Å². The van der Waals surface area contributed by atoms with Crippen LogP contribution in [0.15, 0.2) is 35.3 Å². The van der Waals surface area contributed by atoms with E-state index >= 15 is 0 Å². The molecule has 1 fully saturated rings. The highest BCUT2D eigenvalue weighted by Crippen LogP contribution is 2.29. The number of aryl methyl sites for hydroxylation is 2. The minimum atomic E-state index is -0.275. The molecule has 9 nitrogen and oxygen atoms in total. The summed E-state index contributed by atoms with van der Waals surface area (Å²) in [5.74, 6) is 1.76. The Labute approximate surface area is 199 Å². The van der Waals surface area contributed by atoms with E-state index in [0.29, 0.717) is 44.3 Å². The van der Waals surface area contributed by atoms with Gasteiger partial charge in [-0.15, -0.1) is 0 Å². The summed E-state index contributed by atoms with van der Waals surface area (Å²) in [6.07, 6.45) is 2.84. The van der Waals surface area contributed by atoms with E-state index in [-0.39, 0.29) is 17.8 Å². The number of nitrogens with zero attached hydrogens (tertiary/aromatic N) is 4. The molecule has 34 heavy (non-hydrogen) atoms. The molecule has 0 unspecified atom stereocenters. The van der Waals surface area contributed by atoms with Crippen molar-refractivity contribution in [3.8, 4) is 5.75 Å². The Hall–Kier alpha value is -3.49. The maximum absolute atomic E-state index is 13.1. The minimum Gasteiger partial charge on any atom is -0.497 e. The molecule has 0 aliphatic carbocycles. The lowest BCUT2D eigenvalue weighted by Gasteiger charge is -2.32. The quantitative estimate of drug-likeness (QED) is 0.584. The number of pyridine rings is 1. The van der Waals surface area contributed by atoms with Crippen molar-refractivity contribution in [2.75, 3.05) is 32.1 Å². The van der Waals surface area contributed by atoms with Gasteiger partial charge in [0.25, 0.3) is 0 Å². The Bertz CT molecular complexity index is 1240. The van der Waals surface area contributed by atoms with Gasteiger partial charge in [-0.1, -0.05) is 13.8 Å². The topological polar surface area (TPSA) is 90.6 Å². The molecule has 0 radical (unpaired) electrons. The number of methoxy groups -OCH3 is 1. The van der Waals surface area contributed by atoms with Gasteiger partial charge in [-0.25, -0.2) is 14.6 Å². The van der Waals surface area contributed by atoms with Gasteiger partial charge in [0.15, 0.2) is 0 Å². The lowest BCUT2D eigenvalue weighted by atomic mass is 10.1. The number of hydrogen-bond donors (Lipinski definition) is 1. The standard InChI is InChI=1S/C25H33N5O4/c1-16(2)15-34-25(32)29-10-8-18(9-11-29)30-21-13-23(26-14-22(21)28(4)24(30)31)27-20-7-6-19(33-5)12-17(20)3/h6-7,12-14,16,18H,8-11,15H2,1-5H3,(H,26,27). The van der Waals surface area contributed by atoms with Crippen molar-refractivity contribution >= 4 is 28.6 Å². The molecule has 1 saturated heterocycles. The van der Waals surface area contributed by atoms with Crippen molar-refractivity contribution in [2.24, 2.45) is 13.0 Å². The fraction of sp³-hybridized carbons (Fsp3) is 0.480. The van der Waals surface area contributed by atoms with Gasteiger partial charge < -0.3 is 19.7 Å². The molecule has 9 heteroatoms. The van der Waals surface area contributed by atoms with Crippen LogP contribution < -0.4 is 15.7 Å². The number of nitrogens with one attached hydrogen (secondary N) is 1. The number of carbonyl (C=O) groups is 1. The van der Waals surface area contributed by atoms with Gasteiger partial charge in [0.2, 0.25) is 0 Å². The maximum Gasteiger partial charge on any atom is 0.409 e. The van der Waals surface area contributed by atoms with Crippen LogP contribution in [0.1, 0.15) is 38.3 Å². The molecule has 1 amide bonds. The summed E-state index contributed by atoms with van der Waals surface area (Å²) in [4.78, 5) is 31.7. The third-order valence-electron chi connectivity index (χ3n) is 6.30. The molecular formula is C25H33N5O4. The summed E-state index contributed by atoms with van der Waals surface area (Å²) >= 11 is 0.